The highest BCUT2D eigenvalue weighted by molar-refractivity contribution is 6.14. The van der Waals surface area contributed by atoms with Crippen LogP contribution in [0, 0.1) is 18.6 Å². The lowest BCUT2D eigenvalue weighted by Gasteiger charge is -2.21. The third-order valence-electron chi connectivity index (χ3n) is 6.53. The van der Waals surface area contributed by atoms with Crippen molar-refractivity contribution in [2.75, 3.05) is 23.3 Å². The van der Waals surface area contributed by atoms with Crippen molar-refractivity contribution < 1.29 is 13.6 Å². The summed E-state index contributed by atoms with van der Waals surface area (Å²) in [6.07, 6.45) is 8.45. The third kappa shape index (κ3) is 3.67. The molecule has 8 nitrogen and oxygen atoms in total. The average molecular weight is 466 g/mol. The molecule has 1 amide bonds. The number of nitrogens with zero attached hydrogens (tertiary/aromatic N) is 5. The Bertz CT molecular complexity index is 1440. The second-order valence-electron chi connectivity index (χ2n) is 9.33. The molecular formula is C24H25F2N7O. The first-order chi connectivity index (χ1) is 16.4. The van der Waals surface area contributed by atoms with E-state index in [0.717, 1.165) is 25.2 Å². The molecule has 1 saturated carbocycles. The lowest BCUT2D eigenvalue weighted by molar-refractivity contribution is 0.102. The Morgan fingerprint density at radius 2 is 1.91 bits per heavy atom. The first-order valence-corrected chi connectivity index (χ1v) is 11.5. The van der Waals surface area contributed by atoms with Crippen LogP contribution < -0.4 is 15.5 Å². The van der Waals surface area contributed by atoms with Gasteiger partial charge in [0.15, 0.2) is 11.5 Å². The SMILES string of the molecule is Cc1cn2cc(NC(=O)c3c(F)cc(N4CC[C@@H](NC5CC5)C4)c4cn(C)nc34)cc(F)c2n1. The first-order valence-electron chi connectivity index (χ1n) is 11.5. The maximum atomic E-state index is 15.4. The van der Waals surface area contributed by atoms with Crippen LogP contribution in [0.4, 0.5) is 20.2 Å². The minimum absolute atomic E-state index is 0.159. The number of rotatable bonds is 5. The molecule has 0 spiro atoms. The van der Waals surface area contributed by atoms with Gasteiger partial charge in [-0.2, -0.15) is 5.10 Å². The molecule has 2 N–H and O–H groups in total. The Balaban J connectivity index is 1.33. The van der Waals surface area contributed by atoms with Crippen molar-refractivity contribution in [1.29, 1.82) is 0 Å². The molecule has 0 bridgehead atoms. The number of anilines is 2. The Labute approximate surface area is 194 Å². The number of pyridine rings is 1. The molecular weight excluding hydrogens is 440 g/mol. The van der Waals surface area contributed by atoms with E-state index in [4.69, 9.17) is 0 Å². The molecule has 1 aromatic carbocycles. The monoisotopic (exact) mass is 465 g/mol. The van der Waals surface area contributed by atoms with Crippen molar-refractivity contribution in [2.45, 2.75) is 38.3 Å². The predicted octanol–water partition coefficient (Wildman–Crippen LogP) is 3.39. The lowest BCUT2D eigenvalue weighted by Crippen LogP contribution is -2.34. The van der Waals surface area contributed by atoms with E-state index in [0.29, 0.717) is 23.2 Å². The zero-order valence-corrected chi connectivity index (χ0v) is 19.0. The van der Waals surface area contributed by atoms with Gasteiger partial charge in [0.2, 0.25) is 0 Å². The fraction of sp³-hybridized carbons (Fsp3) is 0.375. The molecule has 4 heterocycles. The van der Waals surface area contributed by atoms with Crippen LogP contribution in [0.1, 0.15) is 35.3 Å². The summed E-state index contributed by atoms with van der Waals surface area (Å²) >= 11 is 0. The van der Waals surface area contributed by atoms with Crippen molar-refractivity contribution >= 4 is 33.8 Å². The van der Waals surface area contributed by atoms with E-state index in [1.54, 1.807) is 31.0 Å². The van der Waals surface area contributed by atoms with Gasteiger partial charge in [-0.25, -0.2) is 13.8 Å². The molecule has 1 saturated heterocycles. The van der Waals surface area contributed by atoms with Crippen LogP contribution in [-0.2, 0) is 7.05 Å². The van der Waals surface area contributed by atoms with Crippen molar-refractivity contribution in [2.24, 2.45) is 7.05 Å². The number of carbonyl (C=O) groups is 1. The second-order valence-corrected chi connectivity index (χ2v) is 9.33. The molecule has 34 heavy (non-hydrogen) atoms. The normalized spacial score (nSPS) is 18.4. The van der Waals surface area contributed by atoms with Gasteiger partial charge in [-0.3, -0.25) is 9.48 Å². The van der Waals surface area contributed by atoms with E-state index in [9.17, 15) is 9.18 Å². The van der Waals surface area contributed by atoms with E-state index in [-0.39, 0.29) is 22.4 Å². The van der Waals surface area contributed by atoms with Crippen molar-refractivity contribution in [1.82, 2.24) is 24.5 Å². The van der Waals surface area contributed by atoms with Crippen LogP contribution in [0.15, 0.2) is 30.7 Å². The van der Waals surface area contributed by atoms with Crippen LogP contribution in [-0.4, -0.2) is 50.2 Å². The van der Waals surface area contributed by atoms with Crippen LogP contribution in [0.5, 0.6) is 0 Å². The Morgan fingerprint density at radius 3 is 2.71 bits per heavy atom. The molecule has 2 fully saturated rings. The highest BCUT2D eigenvalue weighted by Crippen LogP contribution is 2.34. The zero-order chi connectivity index (χ0) is 23.6. The van der Waals surface area contributed by atoms with Crippen LogP contribution in [0.2, 0.25) is 0 Å². The number of hydrogen-bond donors (Lipinski definition) is 2. The fourth-order valence-corrected chi connectivity index (χ4v) is 4.86. The largest absolute Gasteiger partial charge is 0.369 e. The Morgan fingerprint density at radius 1 is 1.09 bits per heavy atom. The van der Waals surface area contributed by atoms with E-state index in [1.165, 1.54) is 29.4 Å². The fourth-order valence-electron chi connectivity index (χ4n) is 4.86. The first kappa shape index (κ1) is 21.0. The zero-order valence-electron chi connectivity index (χ0n) is 19.0. The van der Waals surface area contributed by atoms with Gasteiger partial charge >= 0.3 is 0 Å². The number of aryl methyl sites for hydroxylation is 2. The van der Waals surface area contributed by atoms with E-state index < -0.39 is 17.5 Å². The summed E-state index contributed by atoms with van der Waals surface area (Å²) in [6, 6.07) is 3.59. The molecule has 0 radical (unpaired) electrons. The molecule has 176 valence electrons. The molecule has 0 unspecified atom stereocenters. The molecule has 1 aliphatic heterocycles. The Hall–Kier alpha value is -3.53. The summed E-state index contributed by atoms with van der Waals surface area (Å²) in [5, 5.41) is 11.4. The van der Waals surface area contributed by atoms with Gasteiger partial charge in [0.25, 0.3) is 5.91 Å². The predicted molar refractivity (Wildman–Crippen MR) is 125 cm³/mol. The summed E-state index contributed by atoms with van der Waals surface area (Å²) in [5.74, 6) is -1.91. The highest BCUT2D eigenvalue weighted by Gasteiger charge is 2.31. The van der Waals surface area contributed by atoms with E-state index >= 15 is 4.39 Å². The minimum Gasteiger partial charge on any atom is -0.369 e. The maximum Gasteiger partial charge on any atom is 0.260 e. The van der Waals surface area contributed by atoms with Crippen LogP contribution in [0.25, 0.3) is 16.6 Å². The summed E-state index contributed by atoms with van der Waals surface area (Å²) < 4.78 is 32.9. The second kappa shape index (κ2) is 7.76. The lowest BCUT2D eigenvalue weighted by atomic mass is 10.1. The third-order valence-corrected chi connectivity index (χ3v) is 6.53. The van der Waals surface area contributed by atoms with Crippen molar-refractivity contribution in [3.8, 4) is 0 Å². The average Bonchev–Trinajstić information content (AvgIpc) is 3.13. The molecule has 3 aromatic heterocycles. The van der Waals surface area contributed by atoms with Gasteiger partial charge in [-0.05, 0) is 32.3 Å². The topological polar surface area (TPSA) is 79.5 Å². The van der Waals surface area contributed by atoms with Gasteiger partial charge in [0.05, 0.1) is 17.1 Å². The van der Waals surface area contributed by atoms with Crippen LogP contribution >= 0.6 is 0 Å². The Kier molecular flexibility index (Phi) is 4.80. The number of aromatic nitrogens is 4. The number of carbonyl (C=O) groups excluding carboxylic acids is 1. The molecule has 6 rings (SSSR count). The van der Waals surface area contributed by atoms with E-state index in [2.05, 4.69) is 25.6 Å². The maximum absolute atomic E-state index is 15.4. The number of nitrogens with one attached hydrogen (secondary N) is 2. The van der Waals surface area contributed by atoms with Crippen molar-refractivity contribution in [3.63, 3.8) is 0 Å². The van der Waals surface area contributed by atoms with Gasteiger partial charge in [-0.15, -0.1) is 0 Å². The van der Waals surface area contributed by atoms with Crippen molar-refractivity contribution in [3.05, 3.63) is 53.6 Å². The van der Waals surface area contributed by atoms with Gasteiger partial charge in [0, 0.05) is 62.3 Å². The summed E-state index contributed by atoms with van der Waals surface area (Å²) in [5.41, 5.74) is 1.88. The standard InChI is InChI=1S/C24H25F2N7O/c1-13-9-33-11-16(7-19(26)23(33)27-13)29-24(34)21-18(25)8-20(17-12-31(2)30-22(17)21)32-6-5-15(10-32)28-14-3-4-14/h7-9,11-12,14-15,28H,3-6,10H2,1-2H3,(H,29,34)/t15-/m1/s1. The summed E-state index contributed by atoms with van der Waals surface area (Å²) in [6.45, 7) is 3.35. The van der Waals surface area contributed by atoms with Crippen LogP contribution in [0.3, 0.4) is 0 Å². The number of amides is 1. The van der Waals surface area contributed by atoms with Gasteiger partial charge < -0.3 is 19.9 Å². The minimum atomic E-state index is -0.682. The number of benzene rings is 1. The van der Waals surface area contributed by atoms with E-state index in [1.807, 2.05) is 6.20 Å². The molecule has 1 aliphatic carbocycles. The number of fused-ring (bicyclic) bond motifs is 2. The number of halogens is 2. The molecule has 1 atom stereocenters. The van der Waals surface area contributed by atoms with Gasteiger partial charge in [-0.1, -0.05) is 0 Å². The summed E-state index contributed by atoms with van der Waals surface area (Å²) in [7, 11) is 1.75. The summed E-state index contributed by atoms with van der Waals surface area (Å²) in [4.78, 5) is 19.4. The number of imidazole rings is 1. The highest BCUT2D eigenvalue weighted by atomic mass is 19.1. The number of hydrogen-bond acceptors (Lipinski definition) is 5. The van der Waals surface area contributed by atoms with Gasteiger partial charge in [0.1, 0.15) is 16.9 Å². The molecule has 4 aromatic rings. The molecule has 10 heteroatoms. The molecule has 2 aliphatic rings. The quantitative estimate of drug-likeness (QED) is 0.472. The smallest absolute Gasteiger partial charge is 0.260 e.